The van der Waals surface area contributed by atoms with E-state index in [0.717, 1.165) is 0 Å². The number of benzene rings is 2. The van der Waals surface area contributed by atoms with Gasteiger partial charge >= 0.3 is 0 Å². The molecule has 2 aromatic carbocycles. The van der Waals surface area contributed by atoms with E-state index in [0.29, 0.717) is 0 Å². The summed E-state index contributed by atoms with van der Waals surface area (Å²) in [5.41, 5.74) is 0. The molecular formula is C14H16Si2. The Labute approximate surface area is 100 Å². The molecule has 0 atom stereocenters. The molecule has 0 nitrogen and oxygen atoms in total. The van der Waals surface area contributed by atoms with Gasteiger partial charge in [0.15, 0.2) is 0 Å². The minimum absolute atomic E-state index is 0.276. The highest BCUT2D eigenvalue weighted by Crippen LogP contribution is 1.89. The minimum Gasteiger partial charge on any atom is -0.0623 e. The second-order valence-electron chi connectivity index (χ2n) is 4.11. The maximum absolute atomic E-state index is 2.43. The van der Waals surface area contributed by atoms with Gasteiger partial charge < -0.3 is 0 Å². The maximum Gasteiger partial charge on any atom is 0.0572 e. The normalized spacial score (nSPS) is 9.88. The first-order chi connectivity index (χ1) is 7.79. The summed E-state index contributed by atoms with van der Waals surface area (Å²) in [6.07, 6.45) is 0. The van der Waals surface area contributed by atoms with Crippen LogP contribution in [0.4, 0.5) is 0 Å². The van der Waals surface area contributed by atoms with Crippen molar-refractivity contribution < 1.29 is 0 Å². The molecule has 0 unspecified atom stereocenters. The Balaban J connectivity index is 2.54. The molecule has 0 amide bonds. The van der Waals surface area contributed by atoms with Crippen LogP contribution in [0.15, 0.2) is 60.7 Å². The Morgan fingerprint density at radius 2 is 1.00 bits per heavy atom. The molecule has 0 N–H and O–H groups in total. The molecule has 0 aliphatic carbocycles. The Kier molecular flexibility index (Phi) is 3.75. The van der Waals surface area contributed by atoms with Crippen LogP contribution in [-0.4, -0.2) is 15.8 Å². The fourth-order valence-electron chi connectivity index (χ4n) is 1.95. The molecule has 0 heterocycles. The third-order valence-electron chi connectivity index (χ3n) is 2.62. The van der Waals surface area contributed by atoms with Gasteiger partial charge in [-0.2, -0.15) is 0 Å². The van der Waals surface area contributed by atoms with Gasteiger partial charge in [-0.1, -0.05) is 73.8 Å². The van der Waals surface area contributed by atoms with Gasteiger partial charge in [0.05, 0.1) is 7.89 Å². The highest BCUT2D eigenvalue weighted by atomic mass is 28.9. The van der Waals surface area contributed by atoms with Crippen LogP contribution in [0.25, 0.3) is 0 Å². The fraction of sp³-hybridized carbons (Fsp3) is 0.143. The van der Waals surface area contributed by atoms with Crippen LogP contribution in [0.2, 0.25) is 13.1 Å². The van der Waals surface area contributed by atoms with Gasteiger partial charge in [0.1, 0.15) is 0 Å². The van der Waals surface area contributed by atoms with Crippen molar-refractivity contribution in [1.29, 1.82) is 0 Å². The predicted molar refractivity (Wildman–Crippen MR) is 75.4 cm³/mol. The third kappa shape index (κ3) is 2.51. The lowest BCUT2D eigenvalue weighted by molar-refractivity contribution is 1.74. The molecule has 0 spiro atoms. The van der Waals surface area contributed by atoms with E-state index in [4.69, 9.17) is 0 Å². The Morgan fingerprint density at radius 1 is 0.625 bits per heavy atom. The summed E-state index contributed by atoms with van der Waals surface area (Å²) < 4.78 is 0. The average molecular weight is 240 g/mol. The molecular weight excluding hydrogens is 224 g/mol. The summed E-state index contributed by atoms with van der Waals surface area (Å²) in [6.45, 7) is 4.86. The second-order valence-corrected chi connectivity index (χ2v) is 12.5. The zero-order valence-electron chi connectivity index (χ0n) is 9.77. The van der Waals surface area contributed by atoms with E-state index in [9.17, 15) is 0 Å². The van der Waals surface area contributed by atoms with Crippen molar-refractivity contribution in [3.63, 3.8) is 0 Å². The monoisotopic (exact) mass is 240 g/mol. The van der Waals surface area contributed by atoms with E-state index in [-0.39, 0.29) is 7.89 Å². The first kappa shape index (κ1) is 11.4. The summed E-state index contributed by atoms with van der Waals surface area (Å²) in [7, 11) is -0.791. The molecule has 0 fully saturated rings. The van der Waals surface area contributed by atoms with E-state index in [1.165, 1.54) is 0 Å². The highest BCUT2D eigenvalue weighted by Gasteiger charge is 2.06. The van der Waals surface area contributed by atoms with Gasteiger partial charge in [0.25, 0.3) is 0 Å². The highest BCUT2D eigenvalue weighted by molar-refractivity contribution is 7.08. The van der Waals surface area contributed by atoms with Crippen LogP contribution < -0.4 is 10.4 Å². The molecule has 0 saturated carbocycles. The van der Waals surface area contributed by atoms with Gasteiger partial charge in [-0.15, -0.1) is 0 Å². The maximum atomic E-state index is 2.43. The summed E-state index contributed by atoms with van der Waals surface area (Å²) >= 11 is 0. The number of hydrogen-bond donors (Lipinski definition) is 0. The first-order valence-corrected chi connectivity index (χ1v) is 10.6. The molecule has 0 radical (unpaired) electrons. The summed E-state index contributed by atoms with van der Waals surface area (Å²) in [6, 6.07) is 22.0. The lowest BCUT2D eigenvalue weighted by Gasteiger charge is -2.09. The minimum atomic E-state index is -0.515. The molecule has 2 rings (SSSR count). The van der Waals surface area contributed by atoms with E-state index in [1.807, 2.05) is 0 Å². The number of hydrogen-bond acceptors (Lipinski definition) is 0. The van der Waals surface area contributed by atoms with Gasteiger partial charge in [-0.25, -0.2) is 0 Å². The van der Waals surface area contributed by atoms with Crippen molar-refractivity contribution in [1.82, 2.24) is 0 Å². The van der Waals surface area contributed by atoms with Gasteiger partial charge in [0.2, 0.25) is 0 Å². The van der Waals surface area contributed by atoms with Crippen molar-refractivity contribution in [2.75, 3.05) is 0 Å². The van der Waals surface area contributed by atoms with Crippen LogP contribution in [0.5, 0.6) is 0 Å². The van der Waals surface area contributed by atoms with Crippen LogP contribution in [0.3, 0.4) is 0 Å². The van der Waals surface area contributed by atoms with Crippen LogP contribution in [0.1, 0.15) is 0 Å². The zero-order valence-corrected chi connectivity index (χ0v) is 11.8. The quantitative estimate of drug-likeness (QED) is 0.706. The molecule has 16 heavy (non-hydrogen) atoms. The van der Waals surface area contributed by atoms with Crippen molar-refractivity contribution in [2.24, 2.45) is 0 Å². The van der Waals surface area contributed by atoms with Gasteiger partial charge in [0, 0.05) is 0 Å². The van der Waals surface area contributed by atoms with Crippen molar-refractivity contribution in [3.8, 4) is 0 Å². The lowest BCUT2D eigenvalue weighted by atomic mass is 10.4. The third-order valence-corrected chi connectivity index (χ3v) is 10.2. The van der Waals surface area contributed by atoms with Crippen LogP contribution in [-0.2, 0) is 0 Å². The topological polar surface area (TPSA) is 0 Å². The predicted octanol–water partition coefficient (Wildman–Crippen LogP) is 2.13. The average Bonchev–Trinajstić information content (AvgIpc) is 2.31. The molecule has 0 aliphatic rings. The molecule has 0 aliphatic heterocycles. The van der Waals surface area contributed by atoms with Gasteiger partial charge in [-0.3, -0.25) is 0 Å². The molecule has 80 valence electrons. The Morgan fingerprint density at radius 3 is 1.31 bits per heavy atom. The van der Waals surface area contributed by atoms with E-state index < -0.39 is 7.89 Å². The molecule has 0 aromatic heterocycles. The lowest BCUT2D eigenvalue weighted by Crippen LogP contribution is -2.39. The van der Waals surface area contributed by atoms with Gasteiger partial charge in [-0.05, 0) is 18.3 Å². The molecule has 0 bridgehead atoms. The first-order valence-electron chi connectivity index (χ1n) is 5.57. The van der Waals surface area contributed by atoms with Crippen molar-refractivity contribution >= 4 is 26.2 Å². The molecule has 2 heteroatoms. The van der Waals surface area contributed by atoms with E-state index >= 15 is 0 Å². The van der Waals surface area contributed by atoms with E-state index in [2.05, 4.69) is 73.8 Å². The molecule has 2 aromatic rings. The number of rotatable bonds is 2. The van der Waals surface area contributed by atoms with Crippen LogP contribution in [0, 0.1) is 0 Å². The van der Waals surface area contributed by atoms with Crippen molar-refractivity contribution in [2.45, 2.75) is 13.1 Å². The van der Waals surface area contributed by atoms with Crippen molar-refractivity contribution in [3.05, 3.63) is 60.7 Å². The SMILES string of the molecule is C[Si](C)=[Si](c1ccccc1)c1ccccc1. The Hall–Kier alpha value is -1.13. The summed E-state index contributed by atoms with van der Waals surface area (Å²) in [5, 5.41) is 3.11. The Bertz CT molecular complexity index is 441. The van der Waals surface area contributed by atoms with Crippen LogP contribution >= 0.6 is 0 Å². The fourth-order valence-corrected chi connectivity index (χ4v) is 8.96. The van der Waals surface area contributed by atoms with E-state index in [1.54, 1.807) is 10.4 Å². The standard InChI is InChI=1S/C14H16Si2/c1-15(2)16(13-9-5-3-6-10-13)14-11-7-4-8-12-14/h3-12H,1-2H3. The summed E-state index contributed by atoms with van der Waals surface area (Å²) in [4.78, 5) is 0. The smallest absolute Gasteiger partial charge is 0.0572 e. The summed E-state index contributed by atoms with van der Waals surface area (Å²) in [5.74, 6) is 0. The largest absolute Gasteiger partial charge is 0.0623 e. The molecule has 0 saturated heterocycles. The second kappa shape index (κ2) is 5.28. The zero-order chi connectivity index (χ0) is 11.4.